The van der Waals surface area contributed by atoms with E-state index in [-0.39, 0.29) is 0 Å². The molecule has 2 heterocycles. The summed E-state index contributed by atoms with van der Waals surface area (Å²) in [6.07, 6.45) is 3.60. The summed E-state index contributed by atoms with van der Waals surface area (Å²) in [6.45, 7) is 0.531. The van der Waals surface area contributed by atoms with Gasteiger partial charge in [0.25, 0.3) is 0 Å². The SMILES string of the molecule is NCc1cc2nccn2[nH]1. The van der Waals surface area contributed by atoms with Crippen molar-refractivity contribution in [2.45, 2.75) is 6.54 Å². The molecule has 3 N–H and O–H groups in total. The van der Waals surface area contributed by atoms with Gasteiger partial charge in [-0.25, -0.2) is 9.50 Å². The van der Waals surface area contributed by atoms with Crippen LogP contribution in [0.1, 0.15) is 5.69 Å². The third-order valence-corrected chi connectivity index (χ3v) is 1.46. The van der Waals surface area contributed by atoms with Gasteiger partial charge in [-0.3, -0.25) is 5.10 Å². The number of aromatic amines is 1. The molecule has 0 saturated carbocycles. The second-order valence-electron chi connectivity index (χ2n) is 2.14. The summed E-state index contributed by atoms with van der Waals surface area (Å²) in [7, 11) is 0. The molecule has 52 valence electrons. The van der Waals surface area contributed by atoms with Crippen LogP contribution in [0.3, 0.4) is 0 Å². The summed E-state index contributed by atoms with van der Waals surface area (Å²) in [5.41, 5.74) is 7.32. The molecule has 10 heavy (non-hydrogen) atoms. The van der Waals surface area contributed by atoms with Gasteiger partial charge in [0.1, 0.15) is 0 Å². The van der Waals surface area contributed by atoms with Crippen molar-refractivity contribution in [1.82, 2.24) is 14.6 Å². The monoisotopic (exact) mass is 136 g/mol. The smallest absolute Gasteiger partial charge is 0.153 e. The van der Waals surface area contributed by atoms with Gasteiger partial charge < -0.3 is 5.73 Å². The van der Waals surface area contributed by atoms with E-state index < -0.39 is 0 Å². The number of nitrogens with two attached hydrogens (primary N) is 1. The number of rotatable bonds is 1. The molecule has 0 aliphatic rings. The van der Waals surface area contributed by atoms with Crippen molar-refractivity contribution in [1.29, 1.82) is 0 Å². The van der Waals surface area contributed by atoms with E-state index in [4.69, 9.17) is 5.73 Å². The number of H-pyrrole nitrogens is 1. The second kappa shape index (κ2) is 1.85. The van der Waals surface area contributed by atoms with E-state index in [2.05, 4.69) is 10.1 Å². The highest BCUT2D eigenvalue weighted by atomic mass is 15.3. The lowest BCUT2D eigenvalue weighted by Gasteiger charge is -1.84. The number of aromatic nitrogens is 3. The first-order valence-corrected chi connectivity index (χ1v) is 3.11. The number of hydrogen-bond donors (Lipinski definition) is 2. The maximum absolute atomic E-state index is 5.40. The maximum Gasteiger partial charge on any atom is 0.153 e. The van der Waals surface area contributed by atoms with Crippen molar-refractivity contribution in [2.24, 2.45) is 5.73 Å². The number of fused-ring (bicyclic) bond motifs is 1. The molecule has 2 rings (SSSR count). The van der Waals surface area contributed by atoms with Crippen LogP contribution in [0.2, 0.25) is 0 Å². The van der Waals surface area contributed by atoms with Gasteiger partial charge in [-0.05, 0) is 0 Å². The standard InChI is InChI=1S/C6H8N4/c7-4-5-3-6-8-1-2-10(6)9-5/h1-3,9H,4,7H2. The Balaban J connectivity index is 2.67. The normalized spacial score (nSPS) is 10.9. The molecule has 0 aliphatic carbocycles. The van der Waals surface area contributed by atoms with Crippen molar-refractivity contribution in [3.05, 3.63) is 24.2 Å². The van der Waals surface area contributed by atoms with Gasteiger partial charge in [-0.15, -0.1) is 0 Å². The highest BCUT2D eigenvalue weighted by Gasteiger charge is 1.96. The van der Waals surface area contributed by atoms with E-state index in [1.807, 2.05) is 16.8 Å². The quantitative estimate of drug-likeness (QED) is 0.585. The minimum Gasteiger partial charge on any atom is -0.325 e. The molecule has 0 radical (unpaired) electrons. The van der Waals surface area contributed by atoms with Crippen LogP contribution < -0.4 is 5.73 Å². The Bertz CT molecular complexity index is 303. The topological polar surface area (TPSA) is 59.1 Å². The predicted octanol–water partition coefficient (Wildman–Crippen LogP) is 0.121. The van der Waals surface area contributed by atoms with Crippen molar-refractivity contribution in [3.63, 3.8) is 0 Å². The van der Waals surface area contributed by atoms with Crippen molar-refractivity contribution >= 4 is 5.65 Å². The average molecular weight is 136 g/mol. The van der Waals surface area contributed by atoms with Gasteiger partial charge in [-0.2, -0.15) is 0 Å². The van der Waals surface area contributed by atoms with E-state index in [0.717, 1.165) is 11.3 Å². The number of hydrogen-bond acceptors (Lipinski definition) is 2. The molecule has 0 unspecified atom stereocenters. The molecule has 2 aromatic heterocycles. The molecule has 0 aliphatic heterocycles. The van der Waals surface area contributed by atoms with Crippen molar-refractivity contribution in [2.75, 3.05) is 0 Å². The summed E-state index contributed by atoms with van der Waals surface area (Å²) >= 11 is 0. The minimum absolute atomic E-state index is 0.531. The van der Waals surface area contributed by atoms with E-state index in [1.165, 1.54) is 0 Å². The van der Waals surface area contributed by atoms with Gasteiger partial charge in [0.2, 0.25) is 0 Å². The number of imidazole rings is 1. The lowest BCUT2D eigenvalue weighted by atomic mass is 10.4. The Morgan fingerprint density at radius 3 is 3.30 bits per heavy atom. The molecule has 0 aromatic carbocycles. The average Bonchev–Trinajstić information content (AvgIpc) is 2.42. The Morgan fingerprint density at radius 1 is 1.70 bits per heavy atom. The highest BCUT2D eigenvalue weighted by Crippen LogP contribution is 2.01. The van der Waals surface area contributed by atoms with E-state index >= 15 is 0 Å². The number of nitrogens with one attached hydrogen (secondary N) is 1. The molecule has 2 aromatic rings. The largest absolute Gasteiger partial charge is 0.325 e. The van der Waals surface area contributed by atoms with Crippen LogP contribution in [0.4, 0.5) is 0 Å². The lowest BCUT2D eigenvalue weighted by molar-refractivity contribution is 0.890. The van der Waals surface area contributed by atoms with Gasteiger partial charge in [0.15, 0.2) is 5.65 Å². The first kappa shape index (κ1) is 5.49. The lowest BCUT2D eigenvalue weighted by Crippen LogP contribution is -1.96. The molecule has 4 nitrogen and oxygen atoms in total. The van der Waals surface area contributed by atoms with Gasteiger partial charge in [-0.1, -0.05) is 0 Å². The van der Waals surface area contributed by atoms with E-state index in [1.54, 1.807) is 6.20 Å². The minimum atomic E-state index is 0.531. The Labute approximate surface area is 57.7 Å². The zero-order chi connectivity index (χ0) is 6.97. The fraction of sp³-hybridized carbons (Fsp3) is 0.167. The third-order valence-electron chi connectivity index (χ3n) is 1.46. The van der Waals surface area contributed by atoms with Crippen molar-refractivity contribution in [3.8, 4) is 0 Å². The highest BCUT2D eigenvalue weighted by molar-refractivity contribution is 5.38. The Hall–Kier alpha value is -1.29. The Morgan fingerprint density at radius 2 is 2.60 bits per heavy atom. The van der Waals surface area contributed by atoms with Crippen LogP contribution in [-0.2, 0) is 6.54 Å². The first-order chi connectivity index (χ1) is 4.90. The summed E-state index contributed by atoms with van der Waals surface area (Å²) in [4.78, 5) is 4.06. The summed E-state index contributed by atoms with van der Waals surface area (Å²) < 4.78 is 1.84. The molecule has 0 fully saturated rings. The Kier molecular flexibility index (Phi) is 1.01. The molecule has 0 bridgehead atoms. The molecule has 0 saturated heterocycles. The van der Waals surface area contributed by atoms with E-state index in [9.17, 15) is 0 Å². The zero-order valence-corrected chi connectivity index (χ0v) is 5.41. The third kappa shape index (κ3) is 0.625. The second-order valence-corrected chi connectivity index (χ2v) is 2.14. The van der Waals surface area contributed by atoms with E-state index in [0.29, 0.717) is 6.54 Å². The predicted molar refractivity (Wildman–Crippen MR) is 37.4 cm³/mol. The summed E-state index contributed by atoms with van der Waals surface area (Å²) in [5, 5.41) is 3.05. The van der Waals surface area contributed by atoms with Crippen LogP contribution in [0.5, 0.6) is 0 Å². The molecular formula is C6H8N4. The zero-order valence-electron chi connectivity index (χ0n) is 5.41. The molecular weight excluding hydrogens is 128 g/mol. The summed E-state index contributed by atoms with van der Waals surface area (Å²) in [5.74, 6) is 0. The first-order valence-electron chi connectivity index (χ1n) is 3.11. The van der Waals surface area contributed by atoms with Gasteiger partial charge in [0.05, 0.1) is 0 Å². The summed E-state index contributed by atoms with van der Waals surface area (Å²) in [6, 6.07) is 1.93. The van der Waals surface area contributed by atoms with Crippen LogP contribution in [-0.4, -0.2) is 14.6 Å². The maximum atomic E-state index is 5.40. The van der Waals surface area contributed by atoms with Crippen LogP contribution >= 0.6 is 0 Å². The van der Waals surface area contributed by atoms with Gasteiger partial charge >= 0.3 is 0 Å². The van der Waals surface area contributed by atoms with Crippen LogP contribution in [0.15, 0.2) is 18.5 Å². The van der Waals surface area contributed by atoms with Crippen molar-refractivity contribution < 1.29 is 0 Å². The fourth-order valence-corrected chi connectivity index (χ4v) is 0.964. The van der Waals surface area contributed by atoms with Crippen LogP contribution in [0.25, 0.3) is 5.65 Å². The van der Waals surface area contributed by atoms with Crippen LogP contribution in [0, 0.1) is 0 Å². The molecule has 0 atom stereocenters. The molecule has 4 heteroatoms. The molecule has 0 amide bonds. The number of nitrogens with zero attached hydrogens (tertiary/aromatic N) is 2. The fourth-order valence-electron chi connectivity index (χ4n) is 0.964. The molecule has 0 spiro atoms. The van der Waals surface area contributed by atoms with Gasteiger partial charge in [0, 0.05) is 30.7 Å².